The summed E-state index contributed by atoms with van der Waals surface area (Å²) in [5, 5.41) is 3.13. The van der Waals surface area contributed by atoms with Crippen molar-refractivity contribution in [2.45, 2.75) is 51.7 Å². The maximum absolute atomic E-state index is 12.1. The molecule has 0 aliphatic carbocycles. The number of hydrogen-bond donors (Lipinski definition) is 2. The number of carbonyl (C=O) groups is 1. The van der Waals surface area contributed by atoms with Crippen molar-refractivity contribution in [2.24, 2.45) is 11.7 Å². The van der Waals surface area contributed by atoms with Gasteiger partial charge in [-0.1, -0.05) is 50.6 Å². The van der Waals surface area contributed by atoms with Crippen LogP contribution in [0.25, 0.3) is 0 Å². The van der Waals surface area contributed by atoms with Crippen molar-refractivity contribution < 1.29 is 4.79 Å². The first-order valence-electron chi connectivity index (χ1n) is 8.42. The van der Waals surface area contributed by atoms with E-state index in [0.717, 1.165) is 38.9 Å². The molecular formula is C18H29N3O. The van der Waals surface area contributed by atoms with Crippen LogP contribution < -0.4 is 11.1 Å². The van der Waals surface area contributed by atoms with Crippen LogP contribution >= 0.6 is 0 Å². The lowest BCUT2D eigenvalue weighted by atomic mass is 9.98. The fourth-order valence-electron chi connectivity index (χ4n) is 2.89. The Balaban J connectivity index is 1.74. The van der Waals surface area contributed by atoms with Gasteiger partial charge in [0, 0.05) is 25.7 Å². The molecule has 1 aliphatic heterocycles. The van der Waals surface area contributed by atoms with Gasteiger partial charge < -0.3 is 11.1 Å². The van der Waals surface area contributed by atoms with E-state index in [0.29, 0.717) is 0 Å². The van der Waals surface area contributed by atoms with Crippen molar-refractivity contribution in [1.82, 2.24) is 10.2 Å². The van der Waals surface area contributed by atoms with Crippen molar-refractivity contribution in [2.75, 3.05) is 13.1 Å². The fourth-order valence-corrected chi connectivity index (χ4v) is 2.89. The molecule has 0 spiro atoms. The molecule has 2 atom stereocenters. The summed E-state index contributed by atoms with van der Waals surface area (Å²) in [5.74, 6) is 0.244. The van der Waals surface area contributed by atoms with E-state index in [2.05, 4.69) is 41.4 Å². The van der Waals surface area contributed by atoms with Crippen molar-refractivity contribution in [3.05, 3.63) is 35.9 Å². The Hall–Kier alpha value is -1.39. The van der Waals surface area contributed by atoms with Crippen LogP contribution in [0.4, 0.5) is 0 Å². The van der Waals surface area contributed by atoms with Crippen molar-refractivity contribution in [3.63, 3.8) is 0 Å². The van der Waals surface area contributed by atoms with Crippen LogP contribution in [0.3, 0.4) is 0 Å². The van der Waals surface area contributed by atoms with Crippen LogP contribution in [-0.2, 0) is 11.3 Å². The third-order valence-electron chi connectivity index (χ3n) is 4.74. The predicted octanol–water partition coefficient (Wildman–Crippen LogP) is 2.14. The van der Waals surface area contributed by atoms with Gasteiger partial charge in [-0.15, -0.1) is 0 Å². The molecule has 1 aromatic rings. The number of nitrogens with one attached hydrogen (secondary N) is 1. The van der Waals surface area contributed by atoms with E-state index < -0.39 is 0 Å². The molecule has 0 saturated carbocycles. The highest BCUT2D eigenvalue weighted by atomic mass is 16.2. The summed E-state index contributed by atoms with van der Waals surface area (Å²) in [4.78, 5) is 14.6. The summed E-state index contributed by atoms with van der Waals surface area (Å²) in [6.07, 6.45) is 2.95. The number of piperidine rings is 1. The summed E-state index contributed by atoms with van der Waals surface area (Å²) in [6, 6.07) is 10.4. The van der Waals surface area contributed by atoms with Gasteiger partial charge in [0.05, 0.1) is 6.04 Å². The van der Waals surface area contributed by atoms with Gasteiger partial charge in [-0.3, -0.25) is 9.69 Å². The maximum Gasteiger partial charge on any atom is 0.237 e. The van der Waals surface area contributed by atoms with Crippen LogP contribution in [-0.4, -0.2) is 36.0 Å². The van der Waals surface area contributed by atoms with Gasteiger partial charge in [-0.2, -0.15) is 0 Å². The Bertz CT molecular complexity index is 455. The van der Waals surface area contributed by atoms with Gasteiger partial charge in [0.1, 0.15) is 0 Å². The number of rotatable bonds is 6. The molecule has 122 valence electrons. The standard InChI is InChI=1S/C18H29N3O/c1-3-14(2)17(19)18(22)20-16-9-11-21(12-10-16)13-15-7-5-4-6-8-15/h4-8,14,16-17H,3,9-13,19H2,1-2H3,(H,20,22). The summed E-state index contributed by atoms with van der Waals surface area (Å²) in [5.41, 5.74) is 7.35. The third kappa shape index (κ3) is 4.82. The second-order valence-corrected chi connectivity index (χ2v) is 6.46. The van der Waals surface area contributed by atoms with Crippen LogP contribution in [0, 0.1) is 5.92 Å². The lowest BCUT2D eigenvalue weighted by Crippen LogP contribution is -2.51. The Kier molecular flexibility index (Phi) is 6.40. The number of carbonyl (C=O) groups excluding carboxylic acids is 1. The molecule has 4 heteroatoms. The zero-order valence-electron chi connectivity index (χ0n) is 13.8. The van der Waals surface area contributed by atoms with Gasteiger partial charge >= 0.3 is 0 Å². The highest BCUT2D eigenvalue weighted by molar-refractivity contribution is 5.82. The Morgan fingerprint density at radius 2 is 1.95 bits per heavy atom. The van der Waals surface area contributed by atoms with Gasteiger partial charge in [0.15, 0.2) is 0 Å². The SMILES string of the molecule is CCC(C)C(N)C(=O)NC1CCN(Cc2ccccc2)CC1. The number of likely N-dealkylation sites (tertiary alicyclic amines) is 1. The minimum absolute atomic E-state index is 0.0101. The Morgan fingerprint density at radius 3 is 2.55 bits per heavy atom. The monoisotopic (exact) mass is 303 g/mol. The second kappa shape index (κ2) is 8.30. The molecule has 2 unspecified atom stereocenters. The molecule has 1 saturated heterocycles. The van der Waals surface area contributed by atoms with Crippen LogP contribution in [0.2, 0.25) is 0 Å². The quantitative estimate of drug-likeness (QED) is 0.846. The minimum atomic E-state index is -0.382. The maximum atomic E-state index is 12.1. The highest BCUT2D eigenvalue weighted by Gasteiger charge is 2.25. The van der Waals surface area contributed by atoms with E-state index in [1.54, 1.807) is 0 Å². The molecule has 22 heavy (non-hydrogen) atoms. The van der Waals surface area contributed by atoms with Gasteiger partial charge in [0.25, 0.3) is 0 Å². The molecule has 0 radical (unpaired) electrons. The number of nitrogens with zero attached hydrogens (tertiary/aromatic N) is 1. The van der Waals surface area contributed by atoms with Gasteiger partial charge in [-0.25, -0.2) is 0 Å². The molecule has 0 aromatic heterocycles. The van der Waals surface area contributed by atoms with E-state index in [-0.39, 0.29) is 23.9 Å². The number of amides is 1. The predicted molar refractivity (Wildman–Crippen MR) is 90.3 cm³/mol. The first-order valence-corrected chi connectivity index (χ1v) is 8.42. The van der Waals surface area contributed by atoms with E-state index in [1.807, 2.05) is 13.0 Å². The summed E-state index contributed by atoms with van der Waals surface area (Å²) >= 11 is 0. The van der Waals surface area contributed by atoms with E-state index in [9.17, 15) is 4.79 Å². The van der Waals surface area contributed by atoms with Crippen molar-refractivity contribution in [1.29, 1.82) is 0 Å². The topological polar surface area (TPSA) is 58.4 Å². The van der Waals surface area contributed by atoms with Gasteiger partial charge in [-0.05, 0) is 24.3 Å². The van der Waals surface area contributed by atoms with Crippen LogP contribution in [0.15, 0.2) is 30.3 Å². The van der Waals surface area contributed by atoms with E-state index >= 15 is 0 Å². The summed E-state index contributed by atoms with van der Waals surface area (Å²) in [7, 11) is 0. The molecule has 0 bridgehead atoms. The molecular weight excluding hydrogens is 274 g/mol. The Morgan fingerprint density at radius 1 is 1.32 bits per heavy atom. The first kappa shape index (κ1) is 17.0. The number of hydrogen-bond acceptors (Lipinski definition) is 3. The van der Waals surface area contributed by atoms with Crippen LogP contribution in [0.1, 0.15) is 38.7 Å². The highest BCUT2D eigenvalue weighted by Crippen LogP contribution is 2.14. The second-order valence-electron chi connectivity index (χ2n) is 6.46. The normalized spacial score (nSPS) is 19.6. The molecule has 1 fully saturated rings. The first-order chi connectivity index (χ1) is 10.6. The minimum Gasteiger partial charge on any atom is -0.352 e. The average Bonchev–Trinajstić information content (AvgIpc) is 2.56. The number of benzene rings is 1. The largest absolute Gasteiger partial charge is 0.352 e. The van der Waals surface area contributed by atoms with E-state index in [4.69, 9.17) is 5.73 Å². The molecule has 3 N–H and O–H groups in total. The third-order valence-corrected chi connectivity index (χ3v) is 4.74. The molecule has 4 nitrogen and oxygen atoms in total. The van der Waals surface area contributed by atoms with Crippen molar-refractivity contribution >= 4 is 5.91 Å². The molecule has 1 amide bonds. The molecule has 1 aromatic carbocycles. The zero-order valence-corrected chi connectivity index (χ0v) is 13.8. The molecule has 1 heterocycles. The molecule has 2 rings (SSSR count). The number of nitrogens with two attached hydrogens (primary N) is 1. The Labute approximate surface area is 134 Å². The lowest BCUT2D eigenvalue weighted by molar-refractivity contribution is -0.124. The molecule has 1 aliphatic rings. The fraction of sp³-hybridized carbons (Fsp3) is 0.611. The lowest BCUT2D eigenvalue weighted by Gasteiger charge is -2.33. The zero-order chi connectivity index (χ0) is 15.9. The van der Waals surface area contributed by atoms with E-state index in [1.165, 1.54) is 5.56 Å². The van der Waals surface area contributed by atoms with Gasteiger partial charge in [0.2, 0.25) is 5.91 Å². The van der Waals surface area contributed by atoms with Crippen LogP contribution in [0.5, 0.6) is 0 Å². The summed E-state index contributed by atoms with van der Waals surface area (Å²) < 4.78 is 0. The summed E-state index contributed by atoms with van der Waals surface area (Å²) in [6.45, 7) is 7.15. The van der Waals surface area contributed by atoms with Crippen molar-refractivity contribution in [3.8, 4) is 0 Å². The average molecular weight is 303 g/mol. The smallest absolute Gasteiger partial charge is 0.237 e.